The zero-order chi connectivity index (χ0) is 15.2. The highest BCUT2D eigenvalue weighted by atomic mass is 16.5. The van der Waals surface area contributed by atoms with Gasteiger partial charge in [-0.1, -0.05) is 30.3 Å². The van der Waals surface area contributed by atoms with Crippen LogP contribution in [0, 0.1) is 0 Å². The number of hydrogen-bond acceptors (Lipinski definition) is 4. The van der Waals surface area contributed by atoms with Crippen LogP contribution in [0.25, 0.3) is 0 Å². The molecule has 1 aliphatic rings. The maximum atomic E-state index is 12.0. The Labute approximate surface area is 126 Å². The Hall–Kier alpha value is -1.23. The third kappa shape index (κ3) is 4.92. The first-order valence-corrected chi connectivity index (χ1v) is 7.70. The molecule has 1 aliphatic heterocycles. The minimum absolute atomic E-state index is 0.102. The third-order valence-corrected chi connectivity index (χ3v) is 3.73. The lowest BCUT2D eigenvalue weighted by atomic mass is 10.1. The Morgan fingerprint density at radius 1 is 1.33 bits per heavy atom. The van der Waals surface area contributed by atoms with E-state index in [1.165, 1.54) is 0 Å². The number of benzene rings is 1. The largest absolute Gasteiger partial charge is 0.389 e. The van der Waals surface area contributed by atoms with E-state index in [-0.39, 0.29) is 18.0 Å². The van der Waals surface area contributed by atoms with E-state index in [0.717, 1.165) is 25.1 Å². The summed E-state index contributed by atoms with van der Waals surface area (Å²) < 4.78 is 5.69. The van der Waals surface area contributed by atoms with E-state index in [9.17, 15) is 9.90 Å². The molecule has 0 bridgehead atoms. The molecule has 1 aromatic rings. The highest BCUT2D eigenvalue weighted by Gasteiger charge is 2.32. The normalized spacial score (nSPS) is 22.9. The van der Waals surface area contributed by atoms with Crippen molar-refractivity contribution in [2.45, 2.75) is 45.0 Å². The number of carbonyl (C=O) groups is 1. The van der Waals surface area contributed by atoms with Crippen LogP contribution < -0.4 is 0 Å². The summed E-state index contributed by atoms with van der Waals surface area (Å²) in [5, 5.41) is 9.96. The van der Waals surface area contributed by atoms with E-state index in [1.807, 2.05) is 44.2 Å². The number of likely N-dealkylation sites (tertiary alicyclic amines) is 1. The summed E-state index contributed by atoms with van der Waals surface area (Å²) in [6.45, 7) is 6.17. The van der Waals surface area contributed by atoms with E-state index in [2.05, 4.69) is 4.90 Å². The summed E-state index contributed by atoms with van der Waals surface area (Å²) in [4.78, 5) is 14.2. The van der Waals surface area contributed by atoms with Gasteiger partial charge in [-0.3, -0.25) is 9.69 Å². The number of carbonyl (C=O) groups excluding carboxylic acids is 1. The molecule has 0 amide bonds. The van der Waals surface area contributed by atoms with Crippen LogP contribution in [0.2, 0.25) is 0 Å². The standard InChI is InChI=1S/C17H25NO3/c1-13(2)21-17-12-18(11-16(17)20)10-6-9-15(19)14-7-4-3-5-8-14/h3-5,7-8,13,16-17,20H,6,9-12H2,1-2H3/t16-,17-/m0/s1. The summed E-state index contributed by atoms with van der Waals surface area (Å²) in [5.74, 6) is 0.185. The molecule has 4 heteroatoms. The van der Waals surface area contributed by atoms with Crippen molar-refractivity contribution < 1.29 is 14.6 Å². The summed E-state index contributed by atoms with van der Waals surface area (Å²) in [6.07, 6.45) is 0.970. The number of ether oxygens (including phenoxy) is 1. The fourth-order valence-corrected chi connectivity index (χ4v) is 2.73. The maximum absolute atomic E-state index is 12.0. The molecule has 21 heavy (non-hydrogen) atoms. The van der Waals surface area contributed by atoms with Crippen LogP contribution in [0.1, 0.15) is 37.0 Å². The first-order valence-electron chi connectivity index (χ1n) is 7.70. The Morgan fingerprint density at radius 3 is 2.71 bits per heavy atom. The van der Waals surface area contributed by atoms with E-state index < -0.39 is 6.10 Å². The maximum Gasteiger partial charge on any atom is 0.162 e. The van der Waals surface area contributed by atoms with Gasteiger partial charge in [-0.05, 0) is 26.8 Å². The van der Waals surface area contributed by atoms with Gasteiger partial charge in [0.25, 0.3) is 0 Å². The van der Waals surface area contributed by atoms with Gasteiger partial charge in [-0.15, -0.1) is 0 Å². The van der Waals surface area contributed by atoms with Crippen molar-refractivity contribution in [1.82, 2.24) is 4.90 Å². The van der Waals surface area contributed by atoms with Crippen LogP contribution in [-0.2, 0) is 4.74 Å². The second kappa shape index (κ2) is 7.69. The Kier molecular flexibility index (Phi) is 5.91. The van der Waals surface area contributed by atoms with Gasteiger partial charge in [0, 0.05) is 25.1 Å². The molecule has 4 nitrogen and oxygen atoms in total. The molecular weight excluding hydrogens is 266 g/mol. The molecule has 1 heterocycles. The molecule has 0 unspecified atom stereocenters. The van der Waals surface area contributed by atoms with Crippen molar-refractivity contribution in [3.8, 4) is 0 Å². The van der Waals surface area contributed by atoms with Crippen LogP contribution in [0.3, 0.4) is 0 Å². The molecule has 1 saturated heterocycles. The molecule has 0 spiro atoms. The van der Waals surface area contributed by atoms with Crippen molar-refractivity contribution >= 4 is 5.78 Å². The van der Waals surface area contributed by atoms with Gasteiger partial charge in [-0.25, -0.2) is 0 Å². The molecule has 1 fully saturated rings. The van der Waals surface area contributed by atoms with Gasteiger partial charge < -0.3 is 9.84 Å². The fourth-order valence-electron chi connectivity index (χ4n) is 2.73. The number of aliphatic hydroxyl groups is 1. The molecule has 0 saturated carbocycles. The van der Waals surface area contributed by atoms with E-state index >= 15 is 0 Å². The topological polar surface area (TPSA) is 49.8 Å². The number of rotatable bonds is 7. The van der Waals surface area contributed by atoms with Crippen molar-refractivity contribution in [3.05, 3.63) is 35.9 Å². The number of hydrogen-bond donors (Lipinski definition) is 1. The van der Waals surface area contributed by atoms with Gasteiger partial charge in [0.15, 0.2) is 5.78 Å². The quantitative estimate of drug-likeness (QED) is 0.782. The third-order valence-electron chi connectivity index (χ3n) is 3.73. The molecule has 0 aromatic heterocycles. The van der Waals surface area contributed by atoms with Crippen LogP contribution in [0.4, 0.5) is 0 Å². The Morgan fingerprint density at radius 2 is 2.05 bits per heavy atom. The van der Waals surface area contributed by atoms with E-state index in [1.54, 1.807) is 0 Å². The number of ketones is 1. The molecular formula is C17H25NO3. The molecule has 116 valence electrons. The van der Waals surface area contributed by atoms with Gasteiger partial charge in [0.1, 0.15) is 0 Å². The minimum atomic E-state index is -0.419. The lowest BCUT2D eigenvalue weighted by Gasteiger charge is -2.18. The van der Waals surface area contributed by atoms with E-state index in [0.29, 0.717) is 13.0 Å². The zero-order valence-corrected chi connectivity index (χ0v) is 12.9. The van der Waals surface area contributed by atoms with Crippen LogP contribution in [-0.4, -0.2) is 53.7 Å². The Bertz CT molecular complexity index is 447. The number of β-amino-alcohol motifs (C(OH)–C–C–N with tert-alkyl or cyclic N) is 1. The summed E-state index contributed by atoms with van der Waals surface area (Å²) in [7, 11) is 0. The second-order valence-electron chi connectivity index (χ2n) is 5.94. The lowest BCUT2D eigenvalue weighted by molar-refractivity contribution is -0.0395. The summed E-state index contributed by atoms with van der Waals surface area (Å²) in [5.41, 5.74) is 0.778. The van der Waals surface area contributed by atoms with Crippen molar-refractivity contribution in [2.75, 3.05) is 19.6 Å². The second-order valence-corrected chi connectivity index (χ2v) is 5.94. The summed E-state index contributed by atoms with van der Waals surface area (Å²) in [6, 6.07) is 9.40. The lowest BCUT2D eigenvalue weighted by Crippen LogP contribution is -2.29. The predicted octanol–water partition coefficient (Wildman–Crippen LogP) is 2.12. The van der Waals surface area contributed by atoms with Crippen LogP contribution in [0.15, 0.2) is 30.3 Å². The summed E-state index contributed by atoms with van der Waals surface area (Å²) >= 11 is 0. The smallest absolute Gasteiger partial charge is 0.162 e. The number of aliphatic hydroxyl groups excluding tert-OH is 1. The van der Waals surface area contributed by atoms with Gasteiger partial charge >= 0.3 is 0 Å². The zero-order valence-electron chi connectivity index (χ0n) is 12.9. The first-order chi connectivity index (χ1) is 10.1. The van der Waals surface area contributed by atoms with Crippen molar-refractivity contribution in [3.63, 3.8) is 0 Å². The average molecular weight is 291 g/mol. The van der Waals surface area contributed by atoms with Gasteiger partial charge in [-0.2, -0.15) is 0 Å². The molecule has 1 N–H and O–H groups in total. The molecule has 2 atom stereocenters. The van der Waals surface area contributed by atoms with E-state index in [4.69, 9.17) is 4.74 Å². The molecule has 0 aliphatic carbocycles. The molecule has 1 aromatic carbocycles. The van der Waals surface area contributed by atoms with Crippen molar-refractivity contribution in [2.24, 2.45) is 0 Å². The fraction of sp³-hybridized carbons (Fsp3) is 0.588. The van der Waals surface area contributed by atoms with Crippen LogP contribution >= 0.6 is 0 Å². The number of Topliss-reactive ketones (excluding diaryl/α,β-unsaturated/α-hetero) is 1. The highest BCUT2D eigenvalue weighted by molar-refractivity contribution is 5.95. The highest BCUT2D eigenvalue weighted by Crippen LogP contribution is 2.16. The van der Waals surface area contributed by atoms with Gasteiger partial charge in [0.2, 0.25) is 0 Å². The molecule has 2 rings (SSSR count). The monoisotopic (exact) mass is 291 g/mol. The SMILES string of the molecule is CC(C)O[C@H]1CN(CCCC(=O)c2ccccc2)C[C@@H]1O. The van der Waals surface area contributed by atoms with Gasteiger partial charge in [0.05, 0.1) is 18.3 Å². The predicted molar refractivity (Wildman–Crippen MR) is 82.5 cm³/mol. The Balaban J connectivity index is 1.71. The minimum Gasteiger partial charge on any atom is -0.389 e. The molecule has 0 radical (unpaired) electrons. The van der Waals surface area contributed by atoms with Crippen molar-refractivity contribution in [1.29, 1.82) is 0 Å². The van der Waals surface area contributed by atoms with Crippen LogP contribution in [0.5, 0.6) is 0 Å². The first kappa shape index (κ1) is 16.1. The average Bonchev–Trinajstić information content (AvgIpc) is 2.79. The number of nitrogens with zero attached hydrogens (tertiary/aromatic N) is 1.